The Labute approximate surface area is 66.4 Å². The second-order valence-corrected chi connectivity index (χ2v) is 2.31. The van der Waals surface area contributed by atoms with Crippen LogP contribution in [0.3, 0.4) is 0 Å². The minimum absolute atomic E-state index is 0. The summed E-state index contributed by atoms with van der Waals surface area (Å²) in [7, 11) is 0. The van der Waals surface area contributed by atoms with E-state index in [0.717, 1.165) is 19.3 Å². The molecular formula is C6H11ClNO2-. The van der Waals surface area contributed by atoms with Crippen molar-refractivity contribution in [2.45, 2.75) is 19.3 Å². The van der Waals surface area contributed by atoms with Gasteiger partial charge in [0.25, 0.3) is 0 Å². The molecule has 1 saturated heterocycles. The van der Waals surface area contributed by atoms with Crippen LogP contribution in [0.2, 0.25) is 0 Å². The number of carboxylic acid groups (broad SMARTS) is 1. The third-order valence-corrected chi connectivity index (χ3v) is 1.61. The van der Waals surface area contributed by atoms with Crippen LogP contribution in [0.25, 0.3) is 0 Å². The lowest BCUT2D eigenvalue weighted by Gasteiger charge is -2.28. The molecule has 0 aromatic carbocycles. The van der Waals surface area contributed by atoms with E-state index in [9.17, 15) is 9.90 Å². The smallest absolute Gasteiger partial charge is 0.136 e. The van der Waals surface area contributed by atoms with Crippen LogP contribution in [0.4, 0.5) is 4.79 Å². The van der Waals surface area contributed by atoms with Crippen LogP contribution in [0.15, 0.2) is 0 Å². The first-order valence-corrected chi connectivity index (χ1v) is 3.26. The highest BCUT2D eigenvalue weighted by Crippen LogP contribution is 2.06. The molecular weight excluding hydrogens is 154 g/mol. The largest absolute Gasteiger partial charge is 0.530 e. The van der Waals surface area contributed by atoms with Crippen molar-refractivity contribution < 1.29 is 9.90 Å². The van der Waals surface area contributed by atoms with Crippen LogP contribution >= 0.6 is 12.4 Å². The summed E-state index contributed by atoms with van der Waals surface area (Å²) in [6.45, 7) is 1.34. The van der Waals surface area contributed by atoms with Gasteiger partial charge in [0.2, 0.25) is 0 Å². The third kappa shape index (κ3) is 2.43. The standard InChI is InChI=1S/C6H11NO2.ClH/c8-6(9)7-4-2-1-3-5-7;/h1-5H2,(H,8,9);1H/p-1. The van der Waals surface area contributed by atoms with E-state index in [4.69, 9.17) is 0 Å². The highest BCUT2D eigenvalue weighted by Gasteiger charge is 2.07. The number of hydrogen-bond acceptors (Lipinski definition) is 2. The molecule has 0 aromatic heterocycles. The first-order chi connectivity index (χ1) is 4.30. The van der Waals surface area contributed by atoms with Gasteiger partial charge in [-0.1, -0.05) is 0 Å². The van der Waals surface area contributed by atoms with Gasteiger partial charge in [0, 0.05) is 13.1 Å². The highest BCUT2D eigenvalue weighted by atomic mass is 35.5. The number of rotatable bonds is 0. The Morgan fingerprint density at radius 2 is 1.70 bits per heavy atom. The van der Waals surface area contributed by atoms with Crippen molar-refractivity contribution in [3.8, 4) is 0 Å². The number of nitrogens with zero attached hydrogens (tertiary/aromatic N) is 1. The molecule has 3 nitrogen and oxygen atoms in total. The zero-order valence-electron chi connectivity index (χ0n) is 5.71. The number of piperidine rings is 1. The molecule has 0 spiro atoms. The molecule has 0 radical (unpaired) electrons. The molecule has 1 fully saturated rings. The van der Waals surface area contributed by atoms with Crippen LogP contribution in [0.5, 0.6) is 0 Å². The van der Waals surface area contributed by atoms with Gasteiger partial charge in [0.15, 0.2) is 0 Å². The molecule has 0 aliphatic carbocycles. The van der Waals surface area contributed by atoms with E-state index in [1.807, 2.05) is 0 Å². The van der Waals surface area contributed by atoms with Gasteiger partial charge in [-0.3, -0.25) is 0 Å². The molecule has 0 aromatic rings. The molecule has 4 heteroatoms. The van der Waals surface area contributed by atoms with Crippen molar-refractivity contribution in [3.63, 3.8) is 0 Å². The summed E-state index contributed by atoms with van der Waals surface area (Å²) >= 11 is 0. The van der Waals surface area contributed by atoms with E-state index in [1.165, 1.54) is 4.90 Å². The summed E-state index contributed by atoms with van der Waals surface area (Å²) in [6, 6.07) is 0. The van der Waals surface area contributed by atoms with Gasteiger partial charge >= 0.3 is 0 Å². The van der Waals surface area contributed by atoms with E-state index in [2.05, 4.69) is 0 Å². The molecule has 0 saturated carbocycles. The predicted octanol–water partition coefficient (Wildman–Crippen LogP) is 0.237. The van der Waals surface area contributed by atoms with E-state index in [0.29, 0.717) is 13.1 Å². The highest BCUT2D eigenvalue weighted by molar-refractivity contribution is 5.85. The average molecular weight is 165 g/mol. The number of carbonyl (C=O) groups excluding carboxylic acids is 1. The maximum Gasteiger partial charge on any atom is 0.136 e. The van der Waals surface area contributed by atoms with Gasteiger partial charge in [0.05, 0.1) is 0 Å². The number of carbonyl (C=O) groups is 1. The lowest BCUT2D eigenvalue weighted by molar-refractivity contribution is -0.266. The van der Waals surface area contributed by atoms with Crippen molar-refractivity contribution in [2.24, 2.45) is 0 Å². The van der Waals surface area contributed by atoms with Gasteiger partial charge in [0.1, 0.15) is 6.09 Å². The fourth-order valence-corrected chi connectivity index (χ4v) is 1.08. The summed E-state index contributed by atoms with van der Waals surface area (Å²) in [4.78, 5) is 11.5. The molecule has 10 heavy (non-hydrogen) atoms. The number of amides is 1. The van der Waals surface area contributed by atoms with E-state index < -0.39 is 6.09 Å². The van der Waals surface area contributed by atoms with Crippen LogP contribution < -0.4 is 5.11 Å². The number of likely N-dealkylation sites (tertiary alicyclic amines) is 1. The average Bonchev–Trinajstić information content (AvgIpc) is 1.90. The summed E-state index contributed by atoms with van der Waals surface area (Å²) in [5, 5.41) is 10.2. The van der Waals surface area contributed by atoms with Crippen molar-refractivity contribution >= 4 is 18.5 Å². The first-order valence-electron chi connectivity index (χ1n) is 3.26. The number of hydrogen-bond donors (Lipinski definition) is 0. The Hall–Kier alpha value is -0.440. The monoisotopic (exact) mass is 164 g/mol. The lowest BCUT2D eigenvalue weighted by Crippen LogP contribution is -2.43. The molecule has 1 amide bonds. The van der Waals surface area contributed by atoms with Crippen molar-refractivity contribution in [1.29, 1.82) is 0 Å². The normalized spacial score (nSPS) is 17.8. The zero-order chi connectivity index (χ0) is 6.69. The molecule has 0 N–H and O–H groups in total. The first kappa shape index (κ1) is 9.56. The van der Waals surface area contributed by atoms with Crippen molar-refractivity contribution in [2.75, 3.05) is 13.1 Å². The fourth-order valence-electron chi connectivity index (χ4n) is 1.08. The molecule has 1 heterocycles. The van der Waals surface area contributed by atoms with Gasteiger partial charge in [-0.25, -0.2) is 0 Å². The van der Waals surface area contributed by atoms with Crippen LogP contribution in [0.1, 0.15) is 19.3 Å². The Morgan fingerprint density at radius 3 is 2.00 bits per heavy atom. The van der Waals surface area contributed by atoms with E-state index >= 15 is 0 Å². The van der Waals surface area contributed by atoms with Crippen LogP contribution in [-0.2, 0) is 0 Å². The molecule has 0 atom stereocenters. The second-order valence-electron chi connectivity index (χ2n) is 2.31. The Morgan fingerprint density at radius 1 is 1.20 bits per heavy atom. The van der Waals surface area contributed by atoms with Gasteiger partial charge < -0.3 is 14.8 Å². The molecule has 0 bridgehead atoms. The lowest BCUT2D eigenvalue weighted by atomic mass is 10.1. The predicted molar refractivity (Wildman–Crippen MR) is 38.1 cm³/mol. The molecule has 1 rings (SSSR count). The molecule has 1 aliphatic heterocycles. The van der Waals surface area contributed by atoms with Gasteiger partial charge in [-0.05, 0) is 19.3 Å². The quantitative estimate of drug-likeness (QED) is 0.515. The molecule has 60 valence electrons. The SMILES string of the molecule is Cl.O=C([O-])N1CCCCC1. The summed E-state index contributed by atoms with van der Waals surface area (Å²) in [5.41, 5.74) is 0. The zero-order valence-corrected chi connectivity index (χ0v) is 6.52. The fraction of sp³-hybridized carbons (Fsp3) is 0.833. The topological polar surface area (TPSA) is 43.4 Å². The minimum atomic E-state index is -1.02. The van der Waals surface area contributed by atoms with Gasteiger partial charge in [-0.15, -0.1) is 12.4 Å². The summed E-state index contributed by atoms with van der Waals surface area (Å²) in [6.07, 6.45) is 2.13. The Kier molecular flexibility index (Phi) is 4.19. The third-order valence-electron chi connectivity index (χ3n) is 1.61. The van der Waals surface area contributed by atoms with E-state index in [-0.39, 0.29) is 12.4 Å². The Balaban J connectivity index is 0.000000810. The van der Waals surface area contributed by atoms with Crippen molar-refractivity contribution in [3.05, 3.63) is 0 Å². The maximum absolute atomic E-state index is 10.2. The molecule has 0 unspecified atom stereocenters. The summed E-state index contributed by atoms with van der Waals surface area (Å²) < 4.78 is 0. The van der Waals surface area contributed by atoms with Crippen molar-refractivity contribution in [1.82, 2.24) is 4.90 Å². The van der Waals surface area contributed by atoms with Gasteiger partial charge in [-0.2, -0.15) is 0 Å². The van der Waals surface area contributed by atoms with Crippen LogP contribution in [0, 0.1) is 0 Å². The number of halogens is 1. The molecule has 1 aliphatic rings. The summed E-state index contributed by atoms with van der Waals surface area (Å²) in [5.74, 6) is 0. The Bertz CT molecular complexity index is 112. The second kappa shape index (κ2) is 4.39. The van der Waals surface area contributed by atoms with E-state index in [1.54, 1.807) is 0 Å². The van der Waals surface area contributed by atoms with Crippen LogP contribution in [-0.4, -0.2) is 24.1 Å². The minimum Gasteiger partial charge on any atom is -0.530 e. The maximum atomic E-state index is 10.2.